The van der Waals surface area contributed by atoms with Gasteiger partial charge in [0.25, 0.3) is 5.91 Å². The highest BCUT2D eigenvalue weighted by molar-refractivity contribution is 5.79. The van der Waals surface area contributed by atoms with Gasteiger partial charge in [0.1, 0.15) is 5.75 Å². The van der Waals surface area contributed by atoms with E-state index in [1.165, 1.54) is 6.21 Å². The third kappa shape index (κ3) is 3.96. The molecule has 0 saturated carbocycles. The number of carbonyl (C=O) groups excluding carboxylic acids is 1. The Morgan fingerprint density at radius 1 is 1.37 bits per heavy atom. The van der Waals surface area contributed by atoms with Gasteiger partial charge in [0.15, 0.2) is 6.61 Å². The van der Waals surface area contributed by atoms with Crippen LogP contribution in [0.15, 0.2) is 29.4 Å². The summed E-state index contributed by atoms with van der Waals surface area (Å²) in [5.41, 5.74) is 0.759. The second kappa shape index (κ2) is 6.75. The molecular weight excluding hydrogens is 248 g/mol. The van der Waals surface area contributed by atoms with Crippen LogP contribution in [0, 0.1) is 0 Å². The lowest BCUT2D eigenvalue weighted by atomic mass is 10.2. The van der Waals surface area contributed by atoms with Gasteiger partial charge in [-0.2, -0.15) is 0 Å². The number of oxime groups is 1. The summed E-state index contributed by atoms with van der Waals surface area (Å²) in [4.78, 5) is 13.6. The molecule has 1 aliphatic rings. The molecule has 2 rings (SSSR count). The molecule has 0 radical (unpaired) electrons. The number of carbonyl (C=O) groups is 1. The molecule has 1 aliphatic heterocycles. The van der Waals surface area contributed by atoms with Crippen molar-refractivity contribution in [2.75, 3.05) is 32.9 Å². The van der Waals surface area contributed by atoms with Crippen LogP contribution in [0.25, 0.3) is 0 Å². The molecule has 0 atom stereocenters. The standard InChI is InChI=1S/C13H16N2O4/c16-13(15-5-7-18-8-6-15)10-19-12-3-1-11(2-4-12)9-14-17/h1-4,9,17H,5-8,10H2/b14-9+. The molecule has 1 fully saturated rings. The lowest BCUT2D eigenvalue weighted by Gasteiger charge is -2.26. The average Bonchev–Trinajstić information content (AvgIpc) is 2.47. The molecule has 1 heterocycles. The van der Waals surface area contributed by atoms with Crippen molar-refractivity contribution in [3.8, 4) is 5.75 Å². The van der Waals surface area contributed by atoms with Crippen molar-refractivity contribution in [3.05, 3.63) is 29.8 Å². The number of nitrogens with zero attached hydrogens (tertiary/aromatic N) is 2. The molecule has 0 unspecified atom stereocenters. The maximum absolute atomic E-state index is 11.8. The predicted octanol–water partition coefficient (Wildman–Crippen LogP) is 0.732. The van der Waals surface area contributed by atoms with E-state index in [1.807, 2.05) is 0 Å². The minimum atomic E-state index is -0.0377. The van der Waals surface area contributed by atoms with Gasteiger partial charge in [-0.25, -0.2) is 0 Å². The first kappa shape index (κ1) is 13.4. The summed E-state index contributed by atoms with van der Waals surface area (Å²) >= 11 is 0. The third-order valence-corrected chi connectivity index (χ3v) is 2.81. The molecule has 1 saturated heterocycles. The summed E-state index contributed by atoms with van der Waals surface area (Å²) in [5.74, 6) is 0.570. The quantitative estimate of drug-likeness (QED) is 0.494. The first-order chi connectivity index (χ1) is 9.29. The number of benzene rings is 1. The normalized spacial score (nSPS) is 15.7. The van der Waals surface area contributed by atoms with Crippen LogP contribution in [0.1, 0.15) is 5.56 Å². The monoisotopic (exact) mass is 264 g/mol. The molecule has 1 amide bonds. The Kier molecular flexibility index (Phi) is 4.74. The van der Waals surface area contributed by atoms with Crippen molar-refractivity contribution >= 4 is 12.1 Å². The summed E-state index contributed by atoms with van der Waals surface area (Å²) in [6, 6.07) is 6.94. The lowest BCUT2D eigenvalue weighted by molar-refractivity contribution is -0.137. The maximum atomic E-state index is 11.8. The van der Waals surface area contributed by atoms with Gasteiger partial charge in [-0.15, -0.1) is 0 Å². The number of hydrogen-bond acceptors (Lipinski definition) is 5. The summed E-state index contributed by atoms with van der Waals surface area (Å²) in [6.07, 6.45) is 1.32. The Morgan fingerprint density at radius 2 is 2.05 bits per heavy atom. The van der Waals surface area contributed by atoms with Crippen LogP contribution in [0.5, 0.6) is 5.75 Å². The van der Waals surface area contributed by atoms with E-state index in [-0.39, 0.29) is 12.5 Å². The van der Waals surface area contributed by atoms with Crippen molar-refractivity contribution in [2.45, 2.75) is 0 Å². The fourth-order valence-electron chi connectivity index (χ4n) is 1.77. The van der Waals surface area contributed by atoms with E-state index in [1.54, 1.807) is 29.2 Å². The fourth-order valence-corrected chi connectivity index (χ4v) is 1.77. The molecule has 6 heteroatoms. The molecule has 0 aromatic heterocycles. The predicted molar refractivity (Wildman–Crippen MR) is 68.7 cm³/mol. The lowest BCUT2D eigenvalue weighted by Crippen LogP contribution is -2.42. The van der Waals surface area contributed by atoms with Crippen molar-refractivity contribution in [2.24, 2.45) is 5.16 Å². The van der Waals surface area contributed by atoms with E-state index in [2.05, 4.69) is 5.16 Å². The van der Waals surface area contributed by atoms with Gasteiger partial charge in [0, 0.05) is 13.1 Å². The van der Waals surface area contributed by atoms with Crippen molar-refractivity contribution in [1.82, 2.24) is 4.90 Å². The first-order valence-corrected chi connectivity index (χ1v) is 6.05. The van der Waals surface area contributed by atoms with Gasteiger partial charge in [-0.3, -0.25) is 4.79 Å². The van der Waals surface area contributed by atoms with Gasteiger partial charge in [0.2, 0.25) is 0 Å². The Labute approximate surface area is 111 Å². The number of ether oxygens (including phenoxy) is 2. The van der Waals surface area contributed by atoms with E-state index in [4.69, 9.17) is 14.7 Å². The molecular formula is C13H16N2O4. The van der Waals surface area contributed by atoms with Crippen LogP contribution < -0.4 is 4.74 Å². The van der Waals surface area contributed by atoms with Gasteiger partial charge in [-0.1, -0.05) is 5.16 Å². The third-order valence-electron chi connectivity index (χ3n) is 2.81. The molecule has 6 nitrogen and oxygen atoms in total. The van der Waals surface area contributed by atoms with Crippen LogP contribution in [-0.4, -0.2) is 55.1 Å². The highest BCUT2D eigenvalue weighted by atomic mass is 16.5. The SMILES string of the molecule is O=C(COc1ccc(/C=N/O)cc1)N1CCOCC1. The zero-order valence-electron chi connectivity index (χ0n) is 10.5. The Bertz CT molecular complexity index is 438. The van der Waals surface area contributed by atoms with Crippen molar-refractivity contribution in [3.63, 3.8) is 0 Å². The van der Waals surface area contributed by atoms with E-state index in [9.17, 15) is 4.79 Å². The highest BCUT2D eigenvalue weighted by Crippen LogP contribution is 2.11. The van der Waals surface area contributed by atoms with E-state index < -0.39 is 0 Å². The zero-order valence-corrected chi connectivity index (χ0v) is 10.5. The summed E-state index contributed by atoms with van der Waals surface area (Å²) in [5, 5.41) is 11.3. The van der Waals surface area contributed by atoms with Crippen LogP contribution in [-0.2, 0) is 9.53 Å². The second-order valence-corrected chi connectivity index (χ2v) is 4.10. The fraction of sp³-hybridized carbons (Fsp3) is 0.385. The maximum Gasteiger partial charge on any atom is 0.260 e. The number of hydrogen-bond donors (Lipinski definition) is 1. The smallest absolute Gasteiger partial charge is 0.260 e. The van der Waals surface area contributed by atoms with Crippen molar-refractivity contribution in [1.29, 1.82) is 0 Å². The number of morpholine rings is 1. The summed E-state index contributed by atoms with van der Waals surface area (Å²) < 4.78 is 10.6. The van der Waals surface area contributed by atoms with Gasteiger partial charge < -0.3 is 19.6 Å². The molecule has 1 N–H and O–H groups in total. The van der Waals surface area contributed by atoms with Crippen LogP contribution in [0.3, 0.4) is 0 Å². The molecule has 0 aliphatic carbocycles. The minimum Gasteiger partial charge on any atom is -0.484 e. The largest absolute Gasteiger partial charge is 0.484 e. The van der Waals surface area contributed by atoms with Gasteiger partial charge in [0.05, 0.1) is 19.4 Å². The average molecular weight is 264 g/mol. The molecule has 0 spiro atoms. The van der Waals surface area contributed by atoms with Gasteiger partial charge in [-0.05, 0) is 29.8 Å². The minimum absolute atomic E-state index is 0.0213. The van der Waals surface area contributed by atoms with Crippen LogP contribution in [0.4, 0.5) is 0 Å². The molecule has 19 heavy (non-hydrogen) atoms. The number of rotatable bonds is 4. The van der Waals surface area contributed by atoms with Gasteiger partial charge >= 0.3 is 0 Å². The molecule has 0 bridgehead atoms. The Balaban J connectivity index is 1.82. The topological polar surface area (TPSA) is 71.4 Å². The van der Waals surface area contributed by atoms with E-state index in [0.717, 1.165) is 5.56 Å². The highest BCUT2D eigenvalue weighted by Gasteiger charge is 2.16. The molecule has 1 aromatic rings. The zero-order chi connectivity index (χ0) is 13.5. The summed E-state index contributed by atoms with van der Waals surface area (Å²) in [6.45, 7) is 2.43. The molecule has 1 aromatic carbocycles. The second-order valence-electron chi connectivity index (χ2n) is 4.10. The summed E-state index contributed by atoms with van der Waals surface area (Å²) in [7, 11) is 0. The Hall–Kier alpha value is -2.08. The molecule has 102 valence electrons. The van der Waals surface area contributed by atoms with E-state index >= 15 is 0 Å². The van der Waals surface area contributed by atoms with E-state index in [0.29, 0.717) is 32.1 Å². The van der Waals surface area contributed by atoms with Crippen LogP contribution in [0.2, 0.25) is 0 Å². The number of amides is 1. The van der Waals surface area contributed by atoms with Crippen molar-refractivity contribution < 1.29 is 19.5 Å². The Morgan fingerprint density at radius 3 is 2.68 bits per heavy atom. The van der Waals surface area contributed by atoms with Crippen LogP contribution >= 0.6 is 0 Å². The first-order valence-electron chi connectivity index (χ1n) is 6.05.